The summed E-state index contributed by atoms with van der Waals surface area (Å²) in [6.07, 6.45) is 0. The van der Waals surface area contributed by atoms with Gasteiger partial charge < -0.3 is 10.4 Å². The lowest BCUT2D eigenvalue weighted by atomic mass is 10.1. The lowest BCUT2D eigenvalue weighted by Crippen LogP contribution is -2.06. The van der Waals surface area contributed by atoms with Crippen molar-refractivity contribution in [2.75, 3.05) is 5.43 Å². The number of anilines is 1. The Kier molecular flexibility index (Phi) is 1.66. The smallest absolute Gasteiger partial charge is 0.0728 e. The number of para-hydroxylation sites is 2. The highest BCUT2D eigenvalue weighted by Gasteiger charge is 2.05. The zero-order chi connectivity index (χ0) is 10.3. The average molecular weight is 197 g/mol. The van der Waals surface area contributed by atoms with E-state index < -0.39 is 0 Å². The lowest BCUT2D eigenvalue weighted by molar-refractivity contribution is 1.36. The van der Waals surface area contributed by atoms with Crippen LogP contribution in [0.2, 0.25) is 0 Å². The quantitative estimate of drug-likeness (QED) is 0.415. The third-order valence-electron chi connectivity index (χ3n) is 2.70. The van der Waals surface area contributed by atoms with Crippen LogP contribution in [0, 0.1) is 0 Å². The summed E-state index contributed by atoms with van der Waals surface area (Å²) in [7, 11) is 0. The Morgan fingerprint density at radius 2 is 1.73 bits per heavy atom. The molecule has 3 aromatic rings. The first-order valence-electron chi connectivity index (χ1n) is 4.86. The van der Waals surface area contributed by atoms with Crippen molar-refractivity contribution in [2.45, 2.75) is 0 Å². The fourth-order valence-corrected chi connectivity index (χ4v) is 1.99. The Morgan fingerprint density at radius 3 is 2.60 bits per heavy atom. The van der Waals surface area contributed by atoms with Crippen LogP contribution >= 0.6 is 0 Å². The number of nitrogen functional groups attached to an aromatic ring is 1. The van der Waals surface area contributed by atoms with Crippen LogP contribution in [-0.4, -0.2) is 4.98 Å². The van der Waals surface area contributed by atoms with Crippen molar-refractivity contribution in [3.8, 4) is 0 Å². The lowest BCUT2D eigenvalue weighted by Gasteiger charge is -2.00. The zero-order valence-corrected chi connectivity index (χ0v) is 8.12. The molecule has 0 radical (unpaired) electrons. The third kappa shape index (κ3) is 1.10. The molecule has 3 heteroatoms. The maximum absolute atomic E-state index is 5.47. The molecule has 0 saturated carbocycles. The molecule has 3 rings (SSSR count). The van der Waals surface area contributed by atoms with Gasteiger partial charge in [-0.1, -0.05) is 30.3 Å². The van der Waals surface area contributed by atoms with Gasteiger partial charge in [-0.25, -0.2) is 0 Å². The Hall–Kier alpha value is -2.00. The van der Waals surface area contributed by atoms with E-state index in [0.717, 1.165) is 16.7 Å². The molecule has 0 bridgehead atoms. The number of benzene rings is 2. The number of nitrogens with one attached hydrogen (secondary N) is 2. The molecule has 0 unspecified atom stereocenters. The van der Waals surface area contributed by atoms with Gasteiger partial charge in [0.1, 0.15) is 0 Å². The van der Waals surface area contributed by atoms with E-state index in [0.29, 0.717) is 0 Å². The number of hydrogen-bond donors (Lipinski definition) is 3. The van der Waals surface area contributed by atoms with Crippen molar-refractivity contribution in [2.24, 2.45) is 5.84 Å². The summed E-state index contributed by atoms with van der Waals surface area (Å²) in [5.41, 5.74) is 5.81. The molecule has 1 heterocycles. The van der Waals surface area contributed by atoms with Crippen molar-refractivity contribution >= 4 is 27.5 Å². The largest absolute Gasteiger partial charge is 0.353 e. The minimum atomic E-state index is 0.920. The fourth-order valence-electron chi connectivity index (χ4n) is 1.99. The Bertz CT molecular complexity index is 625. The van der Waals surface area contributed by atoms with Crippen LogP contribution in [0.3, 0.4) is 0 Å². The summed E-state index contributed by atoms with van der Waals surface area (Å²) in [5.74, 6) is 5.47. The van der Waals surface area contributed by atoms with Crippen LogP contribution in [0.5, 0.6) is 0 Å². The standard InChI is InChI=1S/C12H11N3/c13-15-11-7-3-5-9-8-4-1-2-6-10(8)14-12(9)11/h1-7,14-15H,13H2. The first-order chi connectivity index (χ1) is 7.40. The van der Waals surface area contributed by atoms with Gasteiger partial charge in [0.05, 0.1) is 11.2 Å². The Morgan fingerprint density at radius 1 is 0.933 bits per heavy atom. The van der Waals surface area contributed by atoms with Gasteiger partial charge in [0.2, 0.25) is 0 Å². The van der Waals surface area contributed by atoms with Crippen LogP contribution in [0.25, 0.3) is 21.8 Å². The minimum absolute atomic E-state index is 0.920. The van der Waals surface area contributed by atoms with Crippen LogP contribution < -0.4 is 11.3 Å². The summed E-state index contributed by atoms with van der Waals surface area (Å²) < 4.78 is 0. The maximum atomic E-state index is 5.47. The number of H-pyrrole nitrogens is 1. The highest BCUT2D eigenvalue weighted by molar-refractivity contribution is 6.10. The molecule has 0 saturated heterocycles. The fraction of sp³-hybridized carbons (Fsp3) is 0. The molecule has 0 aliphatic heterocycles. The number of fused-ring (bicyclic) bond motifs is 3. The SMILES string of the molecule is NNc1cccc2c1[nH]c1ccccc12. The zero-order valence-electron chi connectivity index (χ0n) is 8.12. The van der Waals surface area contributed by atoms with Crippen molar-refractivity contribution in [1.82, 2.24) is 4.98 Å². The third-order valence-corrected chi connectivity index (χ3v) is 2.70. The van der Waals surface area contributed by atoms with E-state index in [4.69, 9.17) is 5.84 Å². The molecule has 15 heavy (non-hydrogen) atoms. The minimum Gasteiger partial charge on any atom is -0.353 e. The van der Waals surface area contributed by atoms with E-state index in [1.54, 1.807) is 0 Å². The number of aromatic nitrogens is 1. The molecule has 74 valence electrons. The molecule has 0 aliphatic rings. The molecule has 0 amide bonds. The number of rotatable bonds is 1. The van der Waals surface area contributed by atoms with Crippen LogP contribution in [0.15, 0.2) is 42.5 Å². The summed E-state index contributed by atoms with van der Waals surface area (Å²) in [6, 6.07) is 14.3. The van der Waals surface area contributed by atoms with Gasteiger partial charge in [0.25, 0.3) is 0 Å². The molecule has 3 nitrogen and oxygen atoms in total. The predicted octanol–water partition coefficient (Wildman–Crippen LogP) is 2.61. The number of hydrazine groups is 1. The molecule has 0 aliphatic carbocycles. The maximum Gasteiger partial charge on any atom is 0.0728 e. The van der Waals surface area contributed by atoms with Crippen LogP contribution in [-0.2, 0) is 0 Å². The normalized spacial score (nSPS) is 11.0. The number of nitrogens with two attached hydrogens (primary N) is 1. The van der Waals surface area contributed by atoms with Gasteiger partial charge in [-0.2, -0.15) is 0 Å². The van der Waals surface area contributed by atoms with Gasteiger partial charge in [0.15, 0.2) is 0 Å². The van der Waals surface area contributed by atoms with Crippen molar-refractivity contribution in [1.29, 1.82) is 0 Å². The van der Waals surface area contributed by atoms with Gasteiger partial charge in [-0.05, 0) is 12.1 Å². The van der Waals surface area contributed by atoms with E-state index in [-0.39, 0.29) is 0 Å². The summed E-state index contributed by atoms with van der Waals surface area (Å²) in [6.45, 7) is 0. The highest BCUT2D eigenvalue weighted by atomic mass is 15.2. The van der Waals surface area contributed by atoms with Crippen LogP contribution in [0.4, 0.5) is 5.69 Å². The van der Waals surface area contributed by atoms with E-state index in [1.165, 1.54) is 10.8 Å². The Labute approximate surface area is 86.9 Å². The van der Waals surface area contributed by atoms with Gasteiger partial charge in [-0.3, -0.25) is 5.84 Å². The van der Waals surface area contributed by atoms with Crippen molar-refractivity contribution in [3.63, 3.8) is 0 Å². The molecular weight excluding hydrogens is 186 g/mol. The summed E-state index contributed by atoms with van der Waals surface area (Å²) >= 11 is 0. The van der Waals surface area contributed by atoms with E-state index in [2.05, 4.69) is 28.6 Å². The van der Waals surface area contributed by atoms with Crippen LogP contribution in [0.1, 0.15) is 0 Å². The van der Waals surface area contributed by atoms with E-state index in [1.807, 2.05) is 24.3 Å². The molecule has 1 aromatic heterocycles. The first-order valence-corrected chi connectivity index (χ1v) is 4.86. The molecule has 0 spiro atoms. The predicted molar refractivity (Wildman–Crippen MR) is 63.6 cm³/mol. The monoisotopic (exact) mass is 197 g/mol. The molecule has 0 atom stereocenters. The summed E-state index contributed by atoms with van der Waals surface area (Å²) in [5, 5.41) is 2.42. The molecule has 4 N–H and O–H groups in total. The molecular formula is C12H11N3. The van der Waals surface area contributed by atoms with E-state index in [9.17, 15) is 0 Å². The van der Waals surface area contributed by atoms with Crippen molar-refractivity contribution < 1.29 is 0 Å². The number of aromatic amines is 1. The van der Waals surface area contributed by atoms with Gasteiger partial charge >= 0.3 is 0 Å². The van der Waals surface area contributed by atoms with Crippen molar-refractivity contribution in [3.05, 3.63) is 42.5 Å². The van der Waals surface area contributed by atoms with Gasteiger partial charge in [-0.15, -0.1) is 0 Å². The second-order valence-electron chi connectivity index (χ2n) is 3.54. The second-order valence-corrected chi connectivity index (χ2v) is 3.54. The topological polar surface area (TPSA) is 53.8 Å². The Balaban J connectivity index is 2.53. The summed E-state index contributed by atoms with van der Waals surface area (Å²) in [4.78, 5) is 3.36. The highest BCUT2D eigenvalue weighted by Crippen LogP contribution is 2.29. The number of hydrogen-bond acceptors (Lipinski definition) is 2. The second kappa shape index (κ2) is 3.00. The van der Waals surface area contributed by atoms with Gasteiger partial charge in [0, 0.05) is 16.3 Å². The average Bonchev–Trinajstić information content (AvgIpc) is 2.67. The molecule has 2 aromatic carbocycles. The molecule has 0 fully saturated rings. The first kappa shape index (κ1) is 8.32. The van der Waals surface area contributed by atoms with E-state index >= 15 is 0 Å².